The Balaban J connectivity index is 2.06. The molecule has 1 N–H and O–H groups in total. The summed E-state index contributed by atoms with van der Waals surface area (Å²) < 4.78 is 45.5. The van der Waals surface area contributed by atoms with Gasteiger partial charge in [-0.1, -0.05) is 32.3 Å². The molecule has 8 heteroatoms. The lowest BCUT2D eigenvalue weighted by molar-refractivity contribution is -0.123. The third kappa shape index (κ3) is 6.07. The molecule has 1 aromatic heterocycles. The van der Waals surface area contributed by atoms with Crippen molar-refractivity contribution in [1.82, 2.24) is 10.3 Å². The molecular weight excluding hydrogens is 373 g/mol. The summed E-state index contributed by atoms with van der Waals surface area (Å²) in [6.45, 7) is 1.37. The molecule has 5 nitrogen and oxygen atoms in total. The SMILES string of the molecule is CCCCC[C@H](NC(=O)c1ccnc(F)c1)C(=O)COc1c(F)cccc1F. The van der Waals surface area contributed by atoms with Gasteiger partial charge in [-0.3, -0.25) is 9.59 Å². The molecule has 0 spiro atoms. The van der Waals surface area contributed by atoms with Crippen LogP contribution in [-0.2, 0) is 4.79 Å². The Bertz CT molecular complexity index is 810. The molecule has 2 aromatic rings. The fourth-order valence-electron chi connectivity index (χ4n) is 2.56. The number of amides is 1. The summed E-state index contributed by atoms with van der Waals surface area (Å²) in [5.41, 5.74) is 0.0156. The predicted octanol–water partition coefficient (Wildman–Crippen LogP) is 3.83. The lowest BCUT2D eigenvalue weighted by Gasteiger charge is -2.18. The number of benzene rings is 1. The summed E-state index contributed by atoms with van der Waals surface area (Å²) in [5.74, 6) is -4.50. The molecule has 0 unspecified atom stereocenters. The molecule has 0 radical (unpaired) electrons. The summed E-state index contributed by atoms with van der Waals surface area (Å²) >= 11 is 0. The molecule has 0 aliphatic carbocycles. The monoisotopic (exact) mass is 394 g/mol. The molecule has 150 valence electrons. The van der Waals surface area contributed by atoms with Gasteiger partial charge in [0.25, 0.3) is 5.91 Å². The van der Waals surface area contributed by atoms with Crippen LogP contribution in [0.1, 0.15) is 43.0 Å². The molecule has 0 aliphatic heterocycles. The molecule has 0 bridgehead atoms. The average molecular weight is 394 g/mol. The number of nitrogens with zero attached hydrogens (tertiary/aromatic N) is 1. The van der Waals surface area contributed by atoms with E-state index in [4.69, 9.17) is 4.74 Å². The first-order valence-electron chi connectivity index (χ1n) is 8.94. The van der Waals surface area contributed by atoms with E-state index in [2.05, 4.69) is 10.3 Å². The Morgan fingerprint density at radius 1 is 1.14 bits per heavy atom. The van der Waals surface area contributed by atoms with Gasteiger partial charge in [0.15, 0.2) is 23.2 Å². The summed E-state index contributed by atoms with van der Waals surface area (Å²) in [4.78, 5) is 28.2. The standard InChI is InChI=1S/C20H21F3N2O3/c1-2-3-4-8-16(25-20(27)13-9-10-24-18(23)11-13)17(26)12-28-19-14(21)6-5-7-15(19)22/h5-7,9-11,16H,2-4,8,12H2,1H3,(H,25,27)/t16-/m0/s1. The third-order valence-corrected chi connectivity index (χ3v) is 4.06. The number of carbonyl (C=O) groups is 2. The number of para-hydroxylation sites is 1. The number of hydrogen-bond donors (Lipinski definition) is 1. The third-order valence-electron chi connectivity index (χ3n) is 4.06. The van der Waals surface area contributed by atoms with Gasteiger partial charge in [0.05, 0.1) is 6.04 Å². The lowest BCUT2D eigenvalue weighted by Crippen LogP contribution is -2.43. The van der Waals surface area contributed by atoms with Gasteiger partial charge in [-0.25, -0.2) is 13.8 Å². The summed E-state index contributed by atoms with van der Waals surface area (Å²) in [7, 11) is 0. The predicted molar refractivity (Wildman–Crippen MR) is 96.5 cm³/mol. The normalized spacial score (nSPS) is 11.7. The van der Waals surface area contributed by atoms with E-state index in [0.717, 1.165) is 37.2 Å². The van der Waals surface area contributed by atoms with Crippen LogP contribution < -0.4 is 10.1 Å². The Kier molecular flexibility index (Phi) is 7.98. The van der Waals surface area contributed by atoms with Crippen LogP contribution in [-0.4, -0.2) is 29.3 Å². The molecule has 1 atom stereocenters. The molecular formula is C20H21F3N2O3. The number of carbonyl (C=O) groups excluding carboxylic acids is 2. The minimum Gasteiger partial charge on any atom is -0.480 e. The van der Waals surface area contributed by atoms with E-state index >= 15 is 0 Å². The zero-order valence-electron chi connectivity index (χ0n) is 15.4. The van der Waals surface area contributed by atoms with Crippen molar-refractivity contribution in [3.05, 3.63) is 59.7 Å². The number of aromatic nitrogens is 1. The van der Waals surface area contributed by atoms with Crippen LogP contribution in [0, 0.1) is 17.6 Å². The molecule has 28 heavy (non-hydrogen) atoms. The van der Waals surface area contributed by atoms with Gasteiger partial charge < -0.3 is 10.1 Å². The molecule has 0 saturated heterocycles. The first-order valence-corrected chi connectivity index (χ1v) is 8.94. The van der Waals surface area contributed by atoms with Gasteiger partial charge in [0.2, 0.25) is 5.95 Å². The maximum atomic E-state index is 13.6. The molecule has 2 rings (SSSR count). The first-order chi connectivity index (χ1) is 13.4. The van der Waals surface area contributed by atoms with Crippen molar-refractivity contribution in [3.63, 3.8) is 0 Å². The minimum absolute atomic E-state index is 0.0156. The molecule has 1 heterocycles. The van der Waals surface area contributed by atoms with Crippen LogP contribution in [0.2, 0.25) is 0 Å². The maximum Gasteiger partial charge on any atom is 0.252 e. The average Bonchev–Trinajstić information content (AvgIpc) is 2.66. The highest BCUT2D eigenvalue weighted by atomic mass is 19.1. The fourth-order valence-corrected chi connectivity index (χ4v) is 2.56. The van der Waals surface area contributed by atoms with Crippen molar-refractivity contribution in [2.45, 2.75) is 38.6 Å². The van der Waals surface area contributed by atoms with Crippen molar-refractivity contribution in [2.75, 3.05) is 6.61 Å². The van der Waals surface area contributed by atoms with Crippen LogP contribution in [0.15, 0.2) is 36.5 Å². The number of Topliss-reactive ketones (excluding diaryl/α,β-unsaturated/α-hetero) is 1. The van der Waals surface area contributed by atoms with Gasteiger partial charge in [-0.05, 0) is 24.6 Å². The number of rotatable bonds is 10. The van der Waals surface area contributed by atoms with Crippen LogP contribution in [0.4, 0.5) is 13.2 Å². The second kappa shape index (κ2) is 10.4. The molecule has 0 aliphatic rings. The van der Waals surface area contributed by atoms with E-state index < -0.39 is 47.7 Å². The smallest absolute Gasteiger partial charge is 0.252 e. The van der Waals surface area contributed by atoms with Crippen molar-refractivity contribution < 1.29 is 27.5 Å². The number of pyridine rings is 1. The van der Waals surface area contributed by atoms with Crippen LogP contribution in [0.5, 0.6) is 5.75 Å². The van der Waals surface area contributed by atoms with Gasteiger partial charge in [-0.2, -0.15) is 4.39 Å². The van der Waals surface area contributed by atoms with E-state index in [9.17, 15) is 22.8 Å². The highest BCUT2D eigenvalue weighted by Gasteiger charge is 2.23. The minimum atomic E-state index is -0.926. The first kappa shape index (κ1) is 21.4. The Morgan fingerprint density at radius 3 is 2.50 bits per heavy atom. The zero-order valence-corrected chi connectivity index (χ0v) is 15.4. The van der Waals surface area contributed by atoms with Gasteiger partial charge in [-0.15, -0.1) is 0 Å². The van der Waals surface area contributed by atoms with E-state index in [-0.39, 0.29) is 5.56 Å². The van der Waals surface area contributed by atoms with Crippen molar-refractivity contribution >= 4 is 11.7 Å². The number of halogens is 3. The van der Waals surface area contributed by atoms with E-state index in [1.165, 1.54) is 12.1 Å². The molecule has 0 saturated carbocycles. The quantitative estimate of drug-likeness (QED) is 0.491. The van der Waals surface area contributed by atoms with Crippen LogP contribution in [0.25, 0.3) is 0 Å². The van der Waals surface area contributed by atoms with Crippen molar-refractivity contribution in [2.24, 2.45) is 0 Å². The summed E-state index contributed by atoms with van der Waals surface area (Å²) in [6.07, 6.45) is 3.87. The maximum absolute atomic E-state index is 13.6. The number of ketones is 1. The Morgan fingerprint density at radius 2 is 1.86 bits per heavy atom. The highest BCUT2D eigenvalue weighted by Crippen LogP contribution is 2.21. The number of hydrogen-bond acceptors (Lipinski definition) is 4. The highest BCUT2D eigenvalue weighted by molar-refractivity contribution is 5.98. The van der Waals surface area contributed by atoms with Gasteiger partial charge in [0, 0.05) is 17.8 Å². The molecule has 1 aromatic carbocycles. The summed E-state index contributed by atoms with van der Waals surface area (Å²) in [5, 5.41) is 2.53. The Hall–Kier alpha value is -2.90. The largest absolute Gasteiger partial charge is 0.480 e. The fraction of sp³-hybridized carbons (Fsp3) is 0.350. The number of unbranched alkanes of at least 4 members (excludes halogenated alkanes) is 2. The molecule has 0 fully saturated rings. The lowest BCUT2D eigenvalue weighted by atomic mass is 10.0. The zero-order chi connectivity index (χ0) is 20.5. The van der Waals surface area contributed by atoms with Crippen molar-refractivity contribution in [1.29, 1.82) is 0 Å². The van der Waals surface area contributed by atoms with Crippen molar-refractivity contribution in [3.8, 4) is 5.75 Å². The van der Waals surface area contributed by atoms with Crippen LogP contribution in [0.3, 0.4) is 0 Å². The second-order valence-corrected chi connectivity index (χ2v) is 6.19. The molecule has 1 amide bonds. The Labute approximate surface area is 160 Å². The van der Waals surface area contributed by atoms with E-state index in [1.807, 2.05) is 6.92 Å². The number of nitrogens with one attached hydrogen (secondary N) is 1. The summed E-state index contributed by atoms with van der Waals surface area (Å²) in [6, 6.07) is 4.56. The van der Waals surface area contributed by atoms with Gasteiger partial charge in [0.1, 0.15) is 6.61 Å². The van der Waals surface area contributed by atoms with E-state index in [1.54, 1.807) is 0 Å². The van der Waals surface area contributed by atoms with Crippen LogP contribution >= 0.6 is 0 Å². The number of ether oxygens (including phenoxy) is 1. The van der Waals surface area contributed by atoms with Gasteiger partial charge >= 0.3 is 0 Å². The second-order valence-electron chi connectivity index (χ2n) is 6.19. The van der Waals surface area contributed by atoms with E-state index in [0.29, 0.717) is 12.8 Å². The topological polar surface area (TPSA) is 68.3 Å².